The molecule has 1 unspecified atom stereocenters. The van der Waals surface area contributed by atoms with Crippen LogP contribution in [0.5, 0.6) is 0 Å². The molecular formula is C14H18N4OS. The molecule has 2 aromatic heterocycles. The minimum Gasteiger partial charge on any atom is -0.395 e. The lowest BCUT2D eigenvalue weighted by molar-refractivity contribution is 0.0728. The highest BCUT2D eigenvalue weighted by Gasteiger charge is 2.33. The largest absolute Gasteiger partial charge is 0.395 e. The molecule has 1 amide bonds. The van der Waals surface area contributed by atoms with Gasteiger partial charge in [-0.3, -0.25) is 9.48 Å². The Hall–Kier alpha value is -1.82. The van der Waals surface area contributed by atoms with Crippen LogP contribution in [0.1, 0.15) is 39.9 Å². The zero-order chi connectivity index (χ0) is 14.3. The van der Waals surface area contributed by atoms with Gasteiger partial charge in [0.25, 0.3) is 5.91 Å². The predicted molar refractivity (Wildman–Crippen MR) is 79.7 cm³/mol. The number of nitrogen functional groups attached to an aromatic ring is 1. The first-order valence-electron chi connectivity index (χ1n) is 6.73. The molecule has 1 fully saturated rings. The monoisotopic (exact) mass is 290 g/mol. The molecule has 0 spiro atoms. The summed E-state index contributed by atoms with van der Waals surface area (Å²) < 4.78 is 1.59. The molecule has 0 radical (unpaired) electrons. The number of carbonyl (C=O) groups excluding carboxylic acids is 1. The Bertz CT molecular complexity index is 632. The van der Waals surface area contributed by atoms with E-state index in [9.17, 15) is 4.79 Å². The van der Waals surface area contributed by atoms with Crippen LogP contribution in [0.25, 0.3) is 0 Å². The van der Waals surface area contributed by atoms with Gasteiger partial charge in [-0.1, -0.05) is 6.07 Å². The van der Waals surface area contributed by atoms with Crippen LogP contribution in [0.15, 0.2) is 17.5 Å². The maximum atomic E-state index is 12.8. The van der Waals surface area contributed by atoms with E-state index in [1.165, 1.54) is 4.88 Å². The summed E-state index contributed by atoms with van der Waals surface area (Å²) in [6.07, 6.45) is 2.05. The average molecular weight is 290 g/mol. The zero-order valence-electron chi connectivity index (χ0n) is 11.7. The van der Waals surface area contributed by atoms with Crippen molar-refractivity contribution >= 4 is 22.9 Å². The van der Waals surface area contributed by atoms with Gasteiger partial charge in [0.1, 0.15) is 5.69 Å². The molecule has 0 aromatic carbocycles. The average Bonchev–Trinajstić information content (AvgIpc) is 3.11. The summed E-state index contributed by atoms with van der Waals surface area (Å²) in [5.74, 6) is -0.0125. The lowest BCUT2D eigenvalue weighted by Crippen LogP contribution is -2.32. The lowest BCUT2D eigenvalue weighted by atomic mass is 10.1. The van der Waals surface area contributed by atoms with Crippen LogP contribution in [0, 0.1) is 6.92 Å². The first-order valence-corrected chi connectivity index (χ1v) is 7.61. The third kappa shape index (κ3) is 2.00. The number of aryl methyl sites for hydroxylation is 2. The Labute approximate surface area is 122 Å². The van der Waals surface area contributed by atoms with Crippen molar-refractivity contribution in [2.24, 2.45) is 7.05 Å². The molecule has 106 valence electrons. The van der Waals surface area contributed by atoms with Crippen molar-refractivity contribution < 1.29 is 4.79 Å². The molecule has 0 bridgehead atoms. The van der Waals surface area contributed by atoms with Gasteiger partial charge in [-0.2, -0.15) is 5.10 Å². The SMILES string of the molecule is Cc1nn(C)c(C(=O)N2CCCC2c2cccs2)c1N. The van der Waals surface area contributed by atoms with Gasteiger partial charge in [0.15, 0.2) is 0 Å². The summed E-state index contributed by atoms with van der Waals surface area (Å²) >= 11 is 1.70. The molecule has 2 aromatic rings. The first kappa shape index (κ1) is 13.2. The van der Waals surface area contributed by atoms with Crippen LogP contribution in [-0.2, 0) is 7.05 Å². The van der Waals surface area contributed by atoms with Crippen molar-refractivity contribution in [2.75, 3.05) is 12.3 Å². The van der Waals surface area contributed by atoms with E-state index in [0.717, 1.165) is 19.4 Å². The molecule has 3 rings (SSSR count). The van der Waals surface area contributed by atoms with E-state index in [1.807, 2.05) is 17.9 Å². The molecule has 0 aliphatic carbocycles. The fourth-order valence-electron chi connectivity index (χ4n) is 2.85. The van der Waals surface area contributed by atoms with Crippen LogP contribution in [0.3, 0.4) is 0 Å². The normalized spacial score (nSPS) is 18.7. The van der Waals surface area contributed by atoms with Gasteiger partial charge >= 0.3 is 0 Å². The zero-order valence-corrected chi connectivity index (χ0v) is 12.5. The van der Waals surface area contributed by atoms with Gasteiger partial charge in [0.05, 0.1) is 17.4 Å². The maximum absolute atomic E-state index is 12.8. The van der Waals surface area contributed by atoms with E-state index in [4.69, 9.17) is 5.73 Å². The number of hydrogen-bond donors (Lipinski definition) is 1. The first-order chi connectivity index (χ1) is 9.59. The number of carbonyl (C=O) groups is 1. The van der Waals surface area contributed by atoms with E-state index >= 15 is 0 Å². The van der Waals surface area contributed by atoms with E-state index in [2.05, 4.69) is 16.5 Å². The summed E-state index contributed by atoms with van der Waals surface area (Å²) in [7, 11) is 1.77. The topological polar surface area (TPSA) is 64.2 Å². The summed E-state index contributed by atoms with van der Waals surface area (Å²) in [6.45, 7) is 2.61. The van der Waals surface area contributed by atoms with Crippen molar-refractivity contribution in [3.63, 3.8) is 0 Å². The van der Waals surface area contributed by atoms with Crippen molar-refractivity contribution in [2.45, 2.75) is 25.8 Å². The number of likely N-dealkylation sites (tertiary alicyclic amines) is 1. The molecule has 2 N–H and O–H groups in total. The number of rotatable bonds is 2. The Morgan fingerprint density at radius 2 is 2.35 bits per heavy atom. The van der Waals surface area contributed by atoms with Gasteiger partial charge in [-0.05, 0) is 31.2 Å². The summed E-state index contributed by atoms with van der Waals surface area (Å²) in [4.78, 5) is 16.0. The van der Waals surface area contributed by atoms with Gasteiger partial charge in [-0.25, -0.2) is 0 Å². The molecule has 6 heteroatoms. The second kappa shape index (κ2) is 4.94. The highest BCUT2D eigenvalue weighted by Crippen LogP contribution is 2.36. The number of nitrogens with two attached hydrogens (primary N) is 1. The molecule has 1 aliphatic rings. The molecule has 20 heavy (non-hydrogen) atoms. The number of anilines is 1. The van der Waals surface area contributed by atoms with E-state index < -0.39 is 0 Å². The third-order valence-electron chi connectivity index (χ3n) is 3.86. The summed E-state index contributed by atoms with van der Waals surface area (Å²) in [5, 5.41) is 6.29. The molecule has 5 nitrogen and oxygen atoms in total. The van der Waals surface area contributed by atoms with E-state index in [0.29, 0.717) is 17.1 Å². The van der Waals surface area contributed by atoms with Crippen LogP contribution in [0.4, 0.5) is 5.69 Å². The third-order valence-corrected chi connectivity index (χ3v) is 4.83. The van der Waals surface area contributed by atoms with Crippen LogP contribution in [-0.4, -0.2) is 27.1 Å². The van der Waals surface area contributed by atoms with Crippen LogP contribution < -0.4 is 5.73 Å². The van der Waals surface area contributed by atoms with Gasteiger partial charge in [0, 0.05) is 18.5 Å². The molecule has 3 heterocycles. The lowest BCUT2D eigenvalue weighted by Gasteiger charge is -2.24. The maximum Gasteiger partial charge on any atom is 0.274 e. The Morgan fingerprint density at radius 1 is 1.55 bits per heavy atom. The molecule has 1 saturated heterocycles. The summed E-state index contributed by atoms with van der Waals surface area (Å²) in [5.41, 5.74) is 7.72. The quantitative estimate of drug-likeness (QED) is 0.923. The molecule has 0 saturated carbocycles. The summed E-state index contributed by atoms with van der Waals surface area (Å²) in [6, 6.07) is 4.31. The number of hydrogen-bond acceptors (Lipinski definition) is 4. The Morgan fingerprint density at radius 3 is 2.95 bits per heavy atom. The van der Waals surface area contributed by atoms with Crippen LogP contribution in [0.2, 0.25) is 0 Å². The molecule has 1 atom stereocenters. The van der Waals surface area contributed by atoms with E-state index in [-0.39, 0.29) is 11.9 Å². The second-order valence-corrected chi connectivity index (χ2v) is 6.12. The van der Waals surface area contributed by atoms with Crippen LogP contribution >= 0.6 is 11.3 Å². The minimum absolute atomic E-state index is 0.0125. The van der Waals surface area contributed by atoms with Gasteiger partial charge < -0.3 is 10.6 Å². The van der Waals surface area contributed by atoms with Gasteiger partial charge in [-0.15, -0.1) is 11.3 Å². The van der Waals surface area contributed by atoms with Crippen molar-refractivity contribution in [3.05, 3.63) is 33.8 Å². The highest BCUT2D eigenvalue weighted by atomic mass is 32.1. The smallest absolute Gasteiger partial charge is 0.274 e. The predicted octanol–water partition coefficient (Wildman–Crippen LogP) is 2.35. The Balaban J connectivity index is 1.94. The minimum atomic E-state index is -0.0125. The highest BCUT2D eigenvalue weighted by molar-refractivity contribution is 7.10. The van der Waals surface area contributed by atoms with Crippen molar-refractivity contribution in [1.29, 1.82) is 0 Å². The number of nitrogens with zero attached hydrogens (tertiary/aromatic N) is 3. The molecule has 1 aliphatic heterocycles. The fraction of sp³-hybridized carbons (Fsp3) is 0.429. The standard InChI is InChI=1S/C14H18N4OS/c1-9-12(15)13(17(2)16-9)14(19)18-7-3-5-10(18)11-6-4-8-20-11/h4,6,8,10H,3,5,7,15H2,1-2H3. The number of thiophene rings is 1. The number of aromatic nitrogens is 2. The fourth-order valence-corrected chi connectivity index (χ4v) is 3.72. The number of amides is 1. The second-order valence-electron chi connectivity index (χ2n) is 5.14. The van der Waals surface area contributed by atoms with Crippen molar-refractivity contribution in [1.82, 2.24) is 14.7 Å². The van der Waals surface area contributed by atoms with E-state index in [1.54, 1.807) is 23.1 Å². The Kier molecular flexibility index (Phi) is 3.25. The molecular weight excluding hydrogens is 272 g/mol. The van der Waals surface area contributed by atoms with Crippen molar-refractivity contribution in [3.8, 4) is 0 Å². The van der Waals surface area contributed by atoms with Gasteiger partial charge in [0.2, 0.25) is 0 Å².